The molecule has 3 nitrogen and oxygen atoms in total. The molecule has 0 aliphatic rings. The van der Waals surface area contributed by atoms with Crippen molar-refractivity contribution in [3.63, 3.8) is 0 Å². The molecule has 0 spiro atoms. The molecule has 0 saturated heterocycles. The van der Waals surface area contributed by atoms with E-state index in [2.05, 4.69) is 35.1 Å². The molecule has 3 heteroatoms. The van der Waals surface area contributed by atoms with E-state index >= 15 is 0 Å². The van der Waals surface area contributed by atoms with Crippen LogP contribution in [0.25, 0.3) is 0 Å². The maximum Gasteiger partial charge on any atom is 0.135 e. The number of aromatic nitrogens is 2. The lowest BCUT2D eigenvalue weighted by Crippen LogP contribution is -2.02. The van der Waals surface area contributed by atoms with Crippen LogP contribution in [0.3, 0.4) is 0 Å². The summed E-state index contributed by atoms with van der Waals surface area (Å²) in [6.45, 7) is 4.01. The molecule has 16 heavy (non-hydrogen) atoms. The highest BCUT2D eigenvalue weighted by molar-refractivity contribution is 5.31. The van der Waals surface area contributed by atoms with Gasteiger partial charge in [0.25, 0.3) is 0 Å². The van der Waals surface area contributed by atoms with Crippen LogP contribution in [-0.2, 0) is 6.42 Å². The zero-order chi connectivity index (χ0) is 11.5. The van der Waals surface area contributed by atoms with Gasteiger partial charge in [0.1, 0.15) is 11.6 Å². The van der Waals surface area contributed by atoms with Gasteiger partial charge in [0.05, 0.1) is 0 Å². The van der Waals surface area contributed by atoms with Crippen molar-refractivity contribution in [2.24, 2.45) is 0 Å². The van der Waals surface area contributed by atoms with E-state index in [1.807, 2.05) is 13.0 Å². The van der Waals surface area contributed by atoms with Gasteiger partial charge in [-0.05, 0) is 19.4 Å². The standard InChI is InChI=1S/C13H15N3/c1-9-4-3-5-11(6-9)8-13-15-10(2)7-12(14)16-13/h3-7H,8H2,1-2H3,(H2,14,15,16). The predicted octanol–water partition coefficient (Wildman–Crippen LogP) is 2.27. The Labute approximate surface area is 95.4 Å². The lowest BCUT2D eigenvalue weighted by molar-refractivity contribution is 0.947. The lowest BCUT2D eigenvalue weighted by atomic mass is 10.1. The molecule has 2 rings (SSSR count). The lowest BCUT2D eigenvalue weighted by Gasteiger charge is -2.04. The normalized spacial score (nSPS) is 10.4. The quantitative estimate of drug-likeness (QED) is 0.832. The van der Waals surface area contributed by atoms with Crippen molar-refractivity contribution in [3.8, 4) is 0 Å². The molecule has 1 heterocycles. The molecule has 0 fully saturated rings. The molecule has 0 aliphatic carbocycles. The Hall–Kier alpha value is -1.90. The van der Waals surface area contributed by atoms with E-state index in [4.69, 9.17) is 5.73 Å². The van der Waals surface area contributed by atoms with E-state index in [1.165, 1.54) is 11.1 Å². The third kappa shape index (κ3) is 2.57. The molecule has 0 unspecified atom stereocenters. The summed E-state index contributed by atoms with van der Waals surface area (Å²) in [5.41, 5.74) is 9.07. The van der Waals surface area contributed by atoms with Crippen LogP contribution >= 0.6 is 0 Å². The minimum absolute atomic E-state index is 0.537. The van der Waals surface area contributed by atoms with Gasteiger partial charge < -0.3 is 5.73 Å². The van der Waals surface area contributed by atoms with Crippen LogP contribution in [0.2, 0.25) is 0 Å². The summed E-state index contributed by atoms with van der Waals surface area (Å²) in [4.78, 5) is 8.59. The molecule has 0 radical (unpaired) electrons. The van der Waals surface area contributed by atoms with Crippen LogP contribution in [0.4, 0.5) is 5.82 Å². The Morgan fingerprint density at radius 3 is 2.62 bits per heavy atom. The van der Waals surface area contributed by atoms with E-state index in [0.717, 1.165) is 17.9 Å². The average molecular weight is 213 g/mol. The van der Waals surface area contributed by atoms with Crippen molar-refractivity contribution >= 4 is 5.82 Å². The minimum atomic E-state index is 0.537. The van der Waals surface area contributed by atoms with Gasteiger partial charge in [-0.25, -0.2) is 9.97 Å². The number of hydrogen-bond donors (Lipinski definition) is 1. The third-order valence-corrected chi connectivity index (χ3v) is 2.37. The first-order chi connectivity index (χ1) is 7.63. The molecule has 2 N–H and O–H groups in total. The Bertz CT molecular complexity index is 486. The van der Waals surface area contributed by atoms with Crippen LogP contribution in [0.1, 0.15) is 22.6 Å². The van der Waals surface area contributed by atoms with E-state index in [9.17, 15) is 0 Å². The number of hydrogen-bond acceptors (Lipinski definition) is 3. The summed E-state index contributed by atoms with van der Waals surface area (Å²) in [6.07, 6.45) is 0.730. The van der Waals surface area contributed by atoms with Gasteiger partial charge in [-0.1, -0.05) is 29.8 Å². The first kappa shape index (κ1) is 10.6. The number of nitrogens with two attached hydrogens (primary N) is 1. The third-order valence-electron chi connectivity index (χ3n) is 2.37. The number of benzene rings is 1. The first-order valence-electron chi connectivity index (χ1n) is 5.29. The number of rotatable bonds is 2. The van der Waals surface area contributed by atoms with Gasteiger partial charge in [0.2, 0.25) is 0 Å². The van der Waals surface area contributed by atoms with Gasteiger partial charge in [-0.3, -0.25) is 0 Å². The summed E-state index contributed by atoms with van der Waals surface area (Å²) in [5.74, 6) is 1.32. The van der Waals surface area contributed by atoms with Crippen LogP contribution in [0.15, 0.2) is 30.3 Å². The SMILES string of the molecule is Cc1cccc(Cc2nc(C)cc(N)n2)c1. The Balaban J connectivity index is 2.27. The molecule has 1 aromatic carbocycles. The molecule has 2 aromatic rings. The molecule has 82 valence electrons. The number of aryl methyl sites for hydroxylation is 2. The van der Waals surface area contributed by atoms with Crippen LogP contribution in [-0.4, -0.2) is 9.97 Å². The molecule has 0 bridgehead atoms. The zero-order valence-electron chi connectivity index (χ0n) is 9.57. The second-order valence-corrected chi connectivity index (χ2v) is 4.02. The number of nitrogens with zero attached hydrogens (tertiary/aromatic N) is 2. The highest BCUT2D eigenvalue weighted by Gasteiger charge is 2.01. The van der Waals surface area contributed by atoms with Gasteiger partial charge in [-0.15, -0.1) is 0 Å². The summed E-state index contributed by atoms with van der Waals surface area (Å²) < 4.78 is 0. The second-order valence-electron chi connectivity index (χ2n) is 4.02. The Morgan fingerprint density at radius 2 is 1.94 bits per heavy atom. The minimum Gasteiger partial charge on any atom is -0.384 e. The van der Waals surface area contributed by atoms with E-state index in [1.54, 1.807) is 6.07 Å². The maximum atomic E-state index is 5.69. The van der Waals surface area contributed by atoms with Crippen molar-refractivity contribution in [2.45, 2.75) is 20.3 Å². The highest BCUT2D eigenvalue weighted by Crippen LogP contribution is 2.10. The predicted molar refractivity (Wildman–Crippen MR) is 65.2 cm³/mol. The Morgan fingerprint density at radius 1 is 1.12 bits per heavy atom. The number of nitrogen functional groups attached to an aromatic ring is 1. The van der Waals surface area contributed by atoms with Gasteiger partial charge in [0.15, 0.2) is 0 Å². The van der Waals surface area contributed by atoms with E-state index < -0.39 is 0 Å². The molecular formula is C13H15N3. The smallest absolute Gasteiger partial charge is 0.135 e. The van der Waals surface area contributed by atoms with E-state index in [0.29, 0.717) is 5.82 Å². The van der Waals surface area contributed by atoms with Crippen molar-refractivity contribution in [1.82, 2.24) is 9.97 Å². The molecule has 0 aliphatic heterocycles. The molecule has 0 amide bonds. The van der Waals surface area contributed by atoms with Crippen LogP contribution in [0, 0.1) is 13.8 Å². The molecule has 0 saturated carbocycles. The van der Waals surface area contributed by atoms with E-state index in [-0.39, 0.29) is 0 Å². The zero-order valence-corrected chi connectivity index (χ0v) is 9.57. The summed E-state index contributed by atoms with van der Waals surface area (Å²) >= 11 is 0. The number of anilines is 1. The Kier molecular flexibility index (Phi) is 2.86. The monoisotopic (exact) mass is 213 g/mol. The second kappa shape index (κ2) is 4.31. The summed E-state index contributed by atoms with van der Waals surface area (Å²) in [5, 5.41) is 0. The molecular weight excluding hydrogens is 198 g/mol. The fourth-order valence-electron chi connectivity index (χ4n) is 1.74. The van der Waals surface area contributed by atoms with Gasteiger partial charge in [0, 0.05) is 18.2 Å². The van der Waals surface area contributed by atoms with Crippen molar-refractivity contribution in [1.29, 1.82) is 0 Å². The van der Waals surface area contributed by atoms with Crippen molar-refractivity contribution < 1.29 is 0 Å². The first-order valence-corrected chi connectivity index (χ1v) is 5.29. The maximum absolute atomic E-state index is 5.69. The van der Waals surface area contributed by atoms with Gasteiger partial charge >= 0.3 is 0 Å². The van der Waals surface area contributed by atoms with Gasteiger partial charge in [-0.2, -0.15) is 0 Å². The highest BCUT2D eigenvalue weighted by atomic mass is 14.9. The average Bonchev–Trinajstić information content (AvgIpc) is 2.15. The van der Waals surface area contributed by atoms with Crippen LogP contribution < -0.4 is 5.73 Å². The molecule has 1 aromatic heterocycles. The summed E-state index contributed by atoms with van der Waals surface area (Å²) in [6, 6.07) is 10.1. The van der Waals surface area contributed by atoms with Crippen LogP contribution in [0.5, 0.6) is 0 Å². The summed E-state index contributed by atoms with van der Waals surface area (Å²) in [7, 11) is 0. The van der Waals surface area contributed by atoms with Crippen molar-refractivity contribution in [2.75, 3.05) is 5.73 Å². The fraction of sp³-hybridized carbons (Fsp3) is 0.231. The topological polar surface area (TPSA) is 51.8 Å². The fourth-order valence-corrected chi connectivity index (χ4v) is 1.74. The largest absolute Gasteiger partial charge is 0.384 e. The van der Waals surface area contributed by atoms with Crippen molar-refractivity contribution in [3.05, 3.63) is 53.0 Å². The molecule has 0 atom stereocenters.